The van der Waals surface area contributed by atoms with Crippen molar-refractivity contribution in [2.45, 2.75) is 57.5 Å². The first-order chi connectivity index (χ1) is 14.3. The van der Waals surface area contributed by atoms with Gasteiger partial charge in [-0.1, -0.05) is 25.0 Å². The van der Waals surface area contributed by atoms with Gasteiger partial charge in [-0.15, -0.1) is 0 Å². The molecule has 3 heterocycles. The highest BCUT2D eigenvalue weighted by Gasteiger charge is 2.31. The summed E-state index contributed by atoms with van der Waals surface area (Å²) in [6.07, 6.45) is 11.5. The van der Waals surface area contributed by atoms with Gasteiger partial charge in [0.2, 0.25) is 5.91 Å². The fourth-order valence-electron chi connectivity index (χ4n) is 4.93. The molecule has 4 rings (SSSR count). The summed E-state index contributed by atoms with van der Waals surface area (Å²) < 4.78 is 0. The molecule has 1 aliphatic carbocycles. The normalized spacial score (nSPS) is 21.7. The maximum atomic E-state index is 12.8. The van der Waals surface area contributed by atoms with Crippen molar-refractivity contribution in [2.24, 2.45) is 11.8 Å². The molecule has 2 fully saturated rings. The first-order valence-corrected chi connectivity index (χ1v) is 11.1. The first kappa shape index (κ1) is 20.0. The summed E-state index contributed by atoms with van der Waals surface area (Å²) in [5, 5.41) is 3.37. The number of nitrogens with one attached hydrogen (secondary N) is 1. The zero-order chi connectivity index (χ0) is 19.9. The Bertz CT molecular complexity index is 761. The van der Waals surface area contributed by atoms with Gasteiger partial charge in [0.1, 0.15) is 0 Å². The monoisotopic (exact) mass is 392 g/mol. The molecule has 0 aromatic carbocycles. The van der Waals surface area contributed by atoms with E-state index in [0.717, 1.165) is 43.9 Å². The molecule has 29 heavy (non-hydrogen) atoms. The van der Waals surface area contributed by atoms with E-state index < -0.39 is 0 Å². The molecule has 2 aliphatic rings. The third-order valence-electron chi connectivity index (χ3n) is 6.40. The van der Waals surface area contributed by atoms with Crippen LogP contribution in [0.1, 0.15) is 62.4 Å². The highest BCUT2D eigenvalue weighted by Crippen LogP contribution is 2.31. The van der Waals surface area contributed by atoms with Gasteiger partial charge in [0.05, 0.1) is 17.4 Å². The quantitative estimate of drug-likeness (QED) is 0.770. The SMILES string of the molecule is O=C(CC1CCCC1)NC(c1ccccn1)C1CCCN(Cc2ccccn2)C1. The van der Waals surface area contributed by atoms with Crippen LogP contribution in [-0.2, 0) is 11.3 Å². The van der Waals surface area contributed by atoms with Crippen molar-refractivity contribution in [2.75, 3.05) is 13.1 Å². The Morgan fingerprint density at radius 1 is 1.03 bits per heavy atom. The summed E-state index contributed by atoms with van der Waals surface area (Å²) in [5.74, 6) is 1.12. The van der Waals surface area contributed by atoms with Gasteiger partial charge in [-0.05, 0) is 68.3 Å². The van der Waals surface area contributed by atoms with Crippen molar-refractivity contribution in [1.29, 1.82) is 0 Å². The number of piperidine rings is 1. The van der Waals surface area contributed by atoms with E-state index in [1.807, 2.05) is 36.7 Å². The van der Waals surface area contributed by atoms with E-state index in [9.17, 15) is 4.79 Å². The van der Waals surface area contributed by atoms with Crippen LogP contribution < -0.4 is 5.32 Å². The maximum absolute atomic E-state index is 12.8. The van der Waals surface area contributed by atoms with E-state index in [0.29, 0.717) is 18.3 Å². The molecule has 2 unspecified atom stereocenters. The molecule has 2 atom stereocenters. The Morgan fingerprint density at radius 3 is 2.55 bits per heavy atom. The number of pyridine rings is 2. The number of carbonyl (C=O) groups is 1. The Morgan fingerprint density at radius 2 is 1.83 bits per heavy atom. The lowest BCUT2D eigenvalue weighted by atomic mass is 9.88. The molecule has 1 N–H and O–H groups in total. The second-order valence-electron chi connectivity index (χ2n) is 8.61. The standard InChI is InChI=1S/C24H32N4O/c29-23(16-19-8-1-2-9-19)27-24(22-12-4-6-14-26-22)20-10-7-15-28(17-20)18-21-11-3-5-13-25-21/h3-6,11-14,19-20,24H,1-2,7-10,15-18H2,(H,27,29). The van der Waals surface area contributed by atoms with Crippen molar-refractivity contribution in [1.82, 2.24) is 20.2 Å². The van der Waals surface area contributed by atoms with E-state index in [2.05, 4.69) is 32.3 Å². The molecule has 1 aliphatic heterocycles. The molecular weight excluding hydrogens is 360 g/mol. The number of nitrogens with zero attached hydrogens (tertiary/aromatic N) is 3. The molecule has 1 amide bonds. The predicted molar refractivity (Wildman–Crippen MR) is 114 cm³/mol. The van der Waals surface area contributed by atoms with Crippen molar-refractivity contribution >= 4 is 5.91 Å². The second kappa shape index (κ2) is 9.97. The number of hydrogen-bond acceptors (Lipinski definition) is 4. The molecule has 5 nitrogen and oxygen atoms in total. The average Bonchev–Trinajstić information content (AvgIpc) is 3.26. The van der Waals surface area contributed by atoms with Gasteiger partial charge in [-0.2, -0.15) is 0 Å². The minimum absolute atomic E-state index is 0.0170. The summed E-state index contributed by atoms with van der Waals surface area (Å²) in [4.78, 5) is 24.4. The summed E-state index contributed by atoms with van der Waals surface area (Å²) in [6.45, 7) is 2.90. The molecule has 5 heteroatoms. The lowest BCUT2D eigenvalue weighted by Gasteiger charge is -2.37. The van der Waals surface area contributed by atoms with E-state index in [4.69, 9.17) is 0 Å². The molecular formula is C24H32N4O. The van der Waals surface area contributed by atoms with Crippen LogP contribution in [0.15, 0.2) is 48.8 Å². The highest BCUT2D eigenvalue weighted by atomic mass is 16.1. The van der Waals surface area contributed by atoms with Crippen LogP contribution in [0, 0.1) is 11.8 Å². The lowest BCUT2D eigenvalue weighted by Crippen LogP contribution is -2.43. The largest absolute Gasteiger partial charge is 0.347 e. The Hall–Kier alpha value is -2.27. The predicted octanol–water partition coefficient (Wildman–Crippen LogP) is 4.13. The van der Waals surface area contributed by atoms with E-state index in [-0.39, 0.29) is 11.9 Å². The Balaban J connectivity index is 1.44. The fraction of sp³-hybridized carbons (Fsp3) is 0.542. The van der Waals surface area contributed by atoms with Crippen molar-refractivity contribution in [3.63, 3.8) is 0 Å². The minimum atomic E-state index is -0.0170. The molecule has 0 bridgehead atoms. The van der Waals surface area contributed by atoms with E-state index >= 15 is 0 Å². The average molecular weight is 393 g/mol. The Kier molecular flexibility index (Phi) is 6.88. The topological polar surface area (TPSA) is 58.1 Å². The van der Waals surface area contributed by atoms with Gasteiger partial charge in [-0.3, -0.25) is 19.7 Å². The molecule has 2 aromatic heterocycles. The van der Waals surface area contributed by atoms with Crippen LogP contribution in [0.4, 0.5) is 0 Å². The van der Waals surface area contributed by atoms with Gasteiger partial charge in [0.15, 0.2) is 0 Å². The zero-order valence-electron chi connectivity index (χ0n) is 17.2. The second-order valence-corrected chi connectivity index (χ2v) is 8.61. The summed E-state index contributed by atoms with van der Waals surface area (Å²) in [6, 6.07) is 12.1. The van der Waals surface area contributed by atoms with Crippen LogP contribution in [0.3, 0.4) is 0 Å². The number of aromatic nitrogens is 2. The van der Waals surface area contributed by atoms with Gasteiger partial charge >= 0.3 is 0 Å². The van der Waals surface area contributed by atoms with Crippen molar-refractivity contribution in [3.8, 4) is 0 Å². The van der Waals surface area contributed by atoms with Gasteiger partial charge < -0.3 is 5.32 Å². The number of hydrogen-bond donors (Lipinski definition) is 1. The van der Waals surface area contributed by atoms with Crippen LogP contribution >= 0.6 is 0 Å². The van der Waals surface area contributed by atoms with Crippen LogP contribution in [0.5, 0.6) is 0 Å². The van der Waals surface area contributed by atoms with Crippen LogP contribution in [0.2, 0.25) is 0 Å². The maximum Gasteiger partial charge on any atom is 0.220 e. The molecule has 1 saturated carbocycles. The lowest BCUT2D eigenvalue weighted by molar-refractivity contribution is -0.123. The minimum Gasteiger partial charge on any atom is -0.347 e. The van der Waals surface area contributed by atoms with Gasteiger partial charge in [0.25, 0.3) is 0 Å². The summed E-state index contributed by atoms with van der Waals surface area (Å²) >= 11 is 0. The number of amides is 1. The van der Waals surface area contributed by atoms with Crippen LogP contribution in [0.25, 0.3) is 0 Å². The third kappa shape index (κ3) is 5.63. The summed E-state index contributed by atoms with van der Waals surface area (Å²) in [5.41, 5.74) is 2.09. The number of likely N-dealkylation sites (tertiary alicyclic amines) is 1. The fourth-order valence-corrected chi connectivity index (χ4v) is 4.93. The van der Waals surface area contributed by atoms with Crippen LogP contribution in [-0.4, -0.2) is 33.9 Å². The van der Waals surface area contributed by atoms with E-state index in [1.54, 1.807) is 0 Å². The third-order valence-corrected chi connectivity index (χ3v) is 6.40. The smallest absolute Gasteiger partial charge is 0.220 e. The van der Waals surface area contributed by atoms with Crippen molar-refractivity contribution < 1.29 is 4.79 Å². The molecule has 1 saturated heterocycles. The Labute approximate surface area is 173 Å². The van der Waals surface area contributed by atoms with Gasteiger partial charge in [0, 0.05) is 31.9 Å². The highest BCUT2D eigenvalue weighted by molar-refractivity contribution is 5.76. The molecule has 154 valence electrons. The number of carbonyl (C=O) groups excluding carboxylic acids is 1. The first-order valence-electron chi connectivity index (χ1n) is 11.1. The van der Waals surface area contributed by atoms with E-state index in [1.165, 1.54) is 25.7 Å². The zero-order valence-corrected chi connectivity index (χ0v) is 17.2. The van der Waals surface area contributed by atoms with Crippen molar-refractivity contribution in [3.05, 3.63) is 60.2 Å². The molecule has 0 spiro atoms. The van der Waals surface area contributed by atoms with Gasteiger partial charge in [-0.25, -0.2) is 0 Å². The molecule has 0 radical (unpaired) electrons. The summed E-state index contributed by atoms with van der Waals surface area (Å²) in [7, 11) is 0. The number of rotatable bonds is 7. The molecule has 2 aromatic rings.